The fourth-order valence-electron chi connectivity index (χ4n) is 6.02. The Kier molecular flexibility index (Phi) is 5.38. The first-order valence-electron chi connectivity index (χ1n) is 12.2. The molecule has 2 fully saturated rings. The topological polar surface area (TPSA) is 50.1 Å². The van der Waals surface area contributed by atoms with Crippen LogP contribution in [-0.4, -0.2) is 49.2 Å². The summed E-state index contributed by atoms with van der Waals surface area (Å²) in [4.78, 5) is 9.01. The van der Waals surface area contributed by atoms with E-state index in [-0.39, 0.29) is 18.8 Å². The highest BCUT2D eigenvalue weighted by Crippen LogP contribution is 2.50. The Labute approximate surface area is 208 Å². The van der Waals surface area contributed by atoms with E-state index in [0.717, 1.165) is 54.6 Å². The van der Waals surface area contributed by atoms with Gasteiger partial charge >= 0.3 is 0 Å². The largest absolute Gasteiger partial charge is 0.357 e. The summed E-state index contributed by atoms with van der Waals surface area (Å²) in [6.45, 7) is 6.85. The molecule has 4 heterocycles. The zero-order valence-corrected chi connectivity index (χ0v) is 20.8. The second kappa shape index (κ2) is 8.23. The summed E-state index contributed by atoms with van der Waals surface area (Å²) in [5, 5.41) is 9.89. The molecule has 3 aliphatic rings. The lowest BCUT2D eigenvalue weighted by molar-refractivity contribution is -0.173. The fourth-order valence-corrected chi connectivity index (χ4v) is 6.21. The highest BCUT2D eigenvalue weighted by molar-refractivity contribution is 6.30. The number of piperidine rings is 1. The monoisotopic (exact) mass is 498 g/mol. The Hall–Kier alpha value is -2.58. The van der Waals surface area contributed by atoms with Crippen molar-refractivity contribution < 1.29 is 8.78 Å². The maximum atomic E-state index is 13.9. The van der Waals surface area contributed by atoms with Crippen molar-refractivity contribution in [3.05, 3.63) is 64.3 Å². The SMILES string of the molecule is Cc1ccnc(N2CCC(c3nnc4n3-c3ccc(Cl)cc3CN(C3(C)CC(F)(F)C3)C4)CC2)c1. The number of benzene rings is 1. The third-order valence-electron chi connectivity index (χ3n) is 7.86. The molecule has 1 saturated heterocycles. The van der Waals surface area contributed by atoms with Crippen LogP contribution in [0.4, 0.5) is 14.6 Å². The van der Waals surface area contributed by atoms with Crippen LogP contribution in [-0.2, 0) is 13.1 Å². The third-order valence-corrected chi connectivity index (χ3v) is 8.09. The molecule has 0 unspecified atom stereocenters. The fraction of sp³-hybridized carbons (Fsp3) is 0.500. The van der Waals surface area contributed by atoms with Gasteiger partial charge in [-0.3, -0.25) is 9.47 Å². The predicted molar refractivity (Wildman–Crippen MR) is 131 cm³/mol. The molecule has 0 bridgehead atoms. The van der Waals surface area contributed by atoms with Crippen LogP contribution in [0.2, 0.25) is 5.02 Å². The van der Waals surface area contributed by atoms with Gasteiger partial charge in [0.2, 0.25) is 0 Å². The number of fused-ring (bicyclic) bond motifs is 3. The summed E-state index contributed by atoms with van der Waals surface area (Å²) in [6.07, 6.45) is 3.49. The van der Waals surface area contributed by atoms with Gasteiger partial charge in [-0.25, -0.2) is 13.8 Å². The second-order valence-electron chi connectivity index (χ2n) is 10.6. The van der Waals surface area contributed by atoms with Gasteiger partial charge in [0.1, 0.15) is 11.6 Å². The molecule has 1 aliphatic carbocycles. The molecular weight excluding hydrogens is 470 g/mol. The predicted octanol–water partition coefficient (Wildman–Crippen LogP) is 5.51. The molecule has 0 amide bonds. The zero-order valence-electron chi connectivity index (χ0n) is 20.0. The van der Waals surface area contributed by atoms with Gasteiger partial charge in [0, 0.05) is 55.2 Å². The summed E-state index contributed by atoms with van der Waals surface area (Å²) >= 11 is 6.37. The lowest BCUT2D eigenvalue weighted by Gasteiger charge is -2.51. The van der Waals surface area contributed by atoms with Crippen LogP contribution >= 0.6 is 11.6 Å². The van der Waals surface area contributed by atoms with Crippen molar-refractivity contribution in [3.8, 4) is 5.69 Å². The first-order chi connectivity index (χ1) is 16.7. The van der Waals surface area contributed by atoms with Gasteiger partial charge in [0.05, 0.1) is 12.2 Å². The van der Waals surface area contributed by atoms with Crippen molar-refractivity contribution in [2.45, 2.75) is 70.0 Å². The number of alkyl halides is 2. The number of halogens is 3. The van der Waals surface area contributed by atoms with Gasteiger partial charge in [-0.1, -0.05) is 11.6 Å². The number of hydrogen-bond acceptors (Lipinski definition) is 5. The average Bonchev–Trinajstić information content (AvgIpc) is 3.13. The summed E-state index contributed by atoms with van der Waals surface area (Å²) in [5.41, 5.74) is 2.66. The van der Waals surface area contributed by atoms with Gasteiger partial charge in [0.25, 0.3) is 5.92 Å². The number of aromatic nitrogens is 4. The van der Waals surface area contributed by atoms with E-state index < -0.39 is 11.5 Å². The highest BCUT2D eigenvalue weighted by atomic mass is 35.5. The number of anilines is 1. The van der Waals surface area contributed by atoms with Gasteiger partial charge in [0.15, 0.2) is 5.82 Å². The van der Waals surface area contributed by atoms with Gasteiger partial charge in [-0.15, -0.1) is 10.2 Å². The Morgan fingerprint density at radius 1 is 1.03 bits per heavy atom. The van der Waals surface area contributed by atoms with Crippen molar-refractivity contribution >= 4 is 17.4 Å². The van der Waals surface area contributed by atoms with E-state index in [2.05, 4.69) is 42.5 Å². The smallest absolute Gasteiger partial charge is 0.251 e. The number of hydrogen-bond donors (Lipinski definition) is 0. The minimum Gasteiger partial charge on any atom is -0.357 e. The van der Waals surface area contributed by atoms with E-state index in [1.165, 1.54) is 5.56 Å². The summed E-state index contributed by atoms with van der Waals surface area (Å²) in [6, 6.07) is 9.99. The van der Waals surface area contributed by atoms with Crippen molar-refractivity contribution in [1.29, 1.82) is 0 Å². The summed E-state index contributed by atoms with van der Waals surface area (Å²) < 4.78 is 29.9. The van der Waals surface area contributed by atoms with Crippen LogP contribution in [0.25, 0.3) is 5.69 Å². The van der Waals surface area contributed by atoms with E-state index in [9.17, 15) is 8.78 Å². The molecule has 2 aromatic heterocycles. The van der Waals surface area contributed by atoms with E-state index >= 15 is 0 Å². The lowest BCUT2D eigenvalue weighted by Crippen LogP contribution is -2.59. The molecule has 0 radical (unpaired) electrons. The molecule has 35 heavy (non-hydrogen) atoms. The van der Waals surface area contributed by atoms with Crippen LogP contribution in [0.3, 0.4) is 0 Å². The Morgan fingerprint density at radius 2 is 1.80 bits per heavy atom. The molecule has 2 aliphatic heterocycles. The normalized spacial score (nSPS) is 21.7. The Bertz CT molecular complexity index is 1260. The standard InChI is InChI=1S/C26H29ClF2N6/c1-17-5-8-30-22(11-17)33-9-6-18(7-10-33)24-32-31-23-14-34(25(2)15-26(28,29)16-25)13-19-12-20(27)3-4-21(19)35(23)24/h3-5,8,11-12,18H,6-7,9-10,13-16H2,1-2H3. The van der Waals surface area contributed by atoms with E-state index in [1.807, 2.05) is 37.4 Å². The molecule has 1 aromatic carbocycles. The molecular formula is C26H29ClF2N6. The average molecular weight is 499 g/mol. The first kappa shape index (κ1) is 22.9. The number of aryl methyl sites for hydroxylation is 1. The van der Waals surface area contributed by atoms with E-state index in [4.69, 9.17) is 11.6 Å². The number of pyridine rings is 1. The quantitative estimate of drug-likeness (QED) is 0.476. The number of rotatable bonds is 3. The van der Waals surface area contributed by atoms with Gasteiger partial charge in [-0.05, 0) is 68.1 Å². The van der Waals surface area contributed by atoms with Crippen LogP contribution in [0.5, 0.6) is 0 Å². The summed E-state index contributed by atoms with van der Waals surface area (Å²) in [7, 11) is 0. The molecule has 1 saturated carbocycles. The van der Waals surface area contributed by atoms with Crippen LogP contribution < -0.4 is 4.90 Å². The molecule has 3 aromatic rings. The minimum atomic E-state index is -2.60. The Morgan fingerprint density at radius 3 is 2.51 bits per heavy atom. The van der Waals surface area contributed by atoms with E-state index in [1.54, 1.807) is 0 Å². The van der Waals surface area contributed by atoms with Crippen molar-refractivity contribution in [1.82, 2.24) is 24.6 Å². The Balaban J connectivity index is 1.31. The molecule has 6 nitrogen and oxygen atoms in total. The molecule has 0 N–H and O–H groups in total. The van der Waals surface area contributed by atoms with Gasteiger partial charge < -0.3 is 4.90 Å². The van der Waals surface area contributed by atoms with Gasteiger partial charge in [-0.2, -0.15) is 0 Å². The van der Waals surface area contributed by atoms with Crippen molar-refractivity contribution in [2.75, 3.05) is 18.0 Å². The van der Waals surface area contributed by atoms with Crippen molar-refractivity contribution in [2.24, 2.45) is 0 Å². The highest BCUT2D eigenvalue weighted by Gasteiger charge is 2.57. The van der Waals surface area contributed by atoms with Crippen LogP contribution in [0, 0.1) is 6.92 Å². The van der Waals surface area contributed by atoms with E-state index in [0.29, 0.717) is 18.1 Å². The molecule has 0 atom stereocenters. The molecule has 184 valence electrons. The summed E-state index contributed by atoms with van der Waals surface area (Å²) in [5.74, 6) is 0.435. The maximum absolute atomic E-state index is 13.9. The lowest BCUT2D eigenvalue weighted by atomic mass is 9.73. The second-order valence-corrected chi connectivity index (χ2v) is 11.0. The minimum absolute atomic E-state index is 0.137. The van der Waals surface area contributed by atoms with Crippen molar-refractivity contribution in [3.63, 3.8) is 0 Å². The van der Waals surface area contributed by atoms with Crippen LogP contribution in [0.1, 0.15) is 61.3 Å². The molecule has 9 heteroatoms. The van der Waals surface area contributed by atoms with Crippen LogP contribution in [0.15, 0.2) is 36.5 Å². The molecule has 6 rings (SSSR count). The molecule has 0 spiro atoms. The first-order valence-corrected chi connectivity index (χ1v) is 12.6. The number of nitrogens with zero attached hydrogens (tertiary/aromatic N) is 6. The third kappa shape index (κ3) is 4.10. The zero-order chi connectivity index (χ0) is 24.4. The maximum Gasteiger partial charge on any atom is 0.251 e.